The van der Waals surface area contributed by atoms with Crippen LogP contribution in [-0.2, 0) is 17.6 Å². The van der Waals surface area contributed by atoms with Crippen molar-refractivity contribution in [1.82, 2.24) is 4.90 Å². The molecule has 0 saturated heterocycles. The number of methoxy groups -OCH3 is 3. The van der Waals surface area contributed by atoms with Crippen LogP contribution >= 0.6 is 0 Å². The summed E-state index contributed by atoms with van der Waals surface area (Å²) in [6.07, 6.45) is 3.73. The van der Waals surface area contributed by atoms with Gasteiger partial charge in [0.2, 0.25) is 6.79 Å². The van der Waals surface area contributed by atoms with E-state index in [1.165, 1.54) is 16.7 Å². The fourth-order valence-corrected chi connectivity index (χ4v) is 4.54. The van der Waals surface area contributed by atoms with Crippen LogP contribution in [0.25, 0.3) is 0 Å². The first kappa shape index (κ1) is 24.2. The Balaban J connectivity index is 1.70. The van der Waals surface area contributed by atoms with Crippen LogP contribution in [0.2, 0.25) is 0 Å². The normalized spacial score (nSPS) is 18.2. The van der Waals surface area contributed by atoms with Crippen LogP contribution in [0.4, 0.5) is 0 Å². The van der Waals surface area contributed by atoms with Gasteiger partial charge in [0, 0.05) is 13.7 Å². The van der Waals surface area contributed by atoms with Gasteiger partial charge in [-0.15, -0.1) is 0 Å². The lowest BCUT2D eigenvalue weighted by Gasteiger charge is -2.37. The molecule has 0 amide bonds. The Bertz CT molecular complexity index is 1030. The van der Waals surface area contributed by atoms with E-state index in [9.17, 15) is 0 Å². The van der Waals surface area contributed by atoms with Crippen LogP contribution in [0.15, 0.2) is 35.3 Å². The van der Waals surface area contributed by atoms with Crippen molar-refractivity contribution >= 4 is 6.34 Å². The van der Waals surface area contributed by atoms with Crippen LogP contribution in [0.1, 0.15) is 43.5 Å². The Morgan fingerprint density at radius 3 is 2.50 bits per heavy atom. The van der Waals surface area contributed by atoms with E-state index in [0.29, 0.717) is 6.61 Å². The molecule has 0 unspecified atom stereocenters. The summed E-state index contributed by atoms with van der Waals surface area (Å²) in [5.74, 6) is 3.10. The lowest BCUT2D eigenvalue weighted by molar-refractivity contribution is 0.135. The van der Waals surface area contributed by atoms with Crippen molar-refractivity contribution in [3.63, 3.8) is 0 Å². The second kappa shape index (κ2) is 10.1. The fraction of sp³-hybridized carbons (Fsp3) is 0.519. The van der Waals surface area contributed by atoms with Gasteiger partial charge in [0.15, 0.2) is 23.0 Å². The van der Waals surface area contributed by atoms with E-state index in [-0.39, 0.29) is 24.3 Å². The van der Waals surface area contributed by atoms with Gasteiger partial charge < -0.3 is 28.6 Å². The van der Waals surface area contributed by atoms with E-state index in [1.807, 2.05) is 12.4 Å². The number of hydrogen-bond donors (Lipinski definition) is 0. The molecule has 7 heteroatoms. The zero-order valence-corrected chi connectivity index (χ0v) is 21.1. The van der Waals surface area contributed by atoms with Gasteiger partial charge in [0.25, 0.3) is 0 Å². The molecule has 0 saturated carbocycles. The Morgan fingerprint density at radius 1 is 1.06 bits per heavy atom. The highest BCUT2D eigenvalue weighted by Crippen LogP contribution is 2.40. The van der Waals surface area contributed by atoms with Gasteiger partial charge in [-0.3, -0.25) is 4.99 Å². The summed E-state index contributed by atoms with van der Waals surface area (Å²) in [5, 5.41) is 0. The lowest BCUT2D eigenvalue weighted by atomic mass is 9.87. The Morgan fingerprint density at radius 2 is 1.79 bits per heavy atom. The topological polar surface area (TPSA) is 61.8 Å². The smallest absolute Gasteiger partial charge is 0.231 e. The molecule has 2 aliphatic heterocycles. The molecule has 2 aromatic rings. The first-order valence-electron chi connectivity index (χ1n) is 11.7. The molecule has 0 aromatic heterocycles. The molecule has 2 aromatic carbocycles. The maximum absolute atomic E-state index is 5.64. The predicted molar refractivity (Wildman–Crippen MR) is 133 cm³/mol. The number of ether oxygens (including phenoxy) is 5. The van der Waals surface area contributed by atoms with Crippen LogP contribution in [0, 0.1) is 5.41 Å². The third-order valence-corrected chi connectivity index (χ3v) is 6.63. The average Bonchev–Trinajstić information content (AvgIpc) is 3.29. The second-order valence-electron chi connectivity index (χ2n) is 9.90. The first-order valence-corrected chi connectivity index (χ1v) is 11.7. The van der Waals surface area contributed by atoms with Crippen molar-refractivity contribution in [3.05, 3.63) is 47.0 Å². The number of aliphatic imine (C=N–C) groups is 1. The van der Waals surface area contributed by atoms with Crippen LogP contribution < -0.4 is 18.9 Å². The summed E-state index contributed by atoms with van der Waals surface area (Å²) < 4.78 is 27.8. The third kappa shape index (κ3) is 5.09. The van der Waals surface area contributed by atoms with E-state index < -0.39 is 0 Å². The molecule has 0 N–H and O–H groups in total. The average molecular weight is 469 g/mol. The standard InChI is InChI=1S/C27H36N2O5/c1-27(2,3)26(15-30-4)28-16-29-10-9-19-13-23(31-5)24(32-6)14-20(19)21(29)11-18-7-8-22-25(12-18)34-17-33-22/h7-8,12-14,16,21,26H,9-11,15,17H2,1-6H3/t21-,26+/m0/s1. The van der Waals surface area contributed by atoms with Crippen molar-refractivity contribution in [2.24, 2.45) is 10.4 Å². The van der Waals surface area contributed by atoms with Crippen LogP contribution in [-0.4, -0.2) is 58.6 Å². The molecule has 0 radical (unpaired) electrons. The highest BCUT2D eigenvalue weighted by Gasteiger charge is 2.30. The number of nitrogens with zero attached hydrogens (tertiary/aromatic N) is 2. The van der Waals surface area contributed by atoms with Gasteiger partial charge in [0.1, 0.15) is 0 Å². The molecule has 0 spiro atoms. The summed E-state index contributed by atoms with van der Waals surface area (Å²) in [5.41, 5.74) is 3.69. The molecule has 4 rings (SSSR count). The zero-order valence-electron chi connectivity index (χ0n) is 21.1. The van der Waals surface area contributed by atoms with E-state index in [0.717, 1.165) is 42.4 Å². The summed E-state index contributed by atoms with van der Waals surface area (Å²) >= 11 is 0. The van der Waals surface area contributed by atoms with Gasteiger partial charge in [-0.1, -0.05) is 26.8 Å². The molecule has 34 heavy (non-hydrogen) atoms. The monoisotopic (exact) mass is 468 g/mol. The van der Waals surface area contributed by atoms with E-state index in [2.05, 4.69) is 49.9 Å². The van der Waals surface area contributed by atoms with Crippen molar-refractivity contribution in [2.75, 3.05) is 41.3 Å². The lowest BCUT2D eigenvalue weighted by Crippen LogP contribution is -2.37. The number of hydrogen-bond acceptors (Lipinski definition) is 6. The molecular weight excluding hydrogens is 432 g/mol. The number of rotatable bonds is 8. The van der Waals surface area contributed by atoms with Gasteiger partial charge in [-0.25, -0.2) is 0 Å². The third-order valence-electron chi connectivity index (χ3n) is 6.63. The maximum atomic E-state index is 5.64. The van der Waals surface area contributed by atoms with Crippen LogP contribution in [0.3, 0.4) is 0 Å². The van der Waals surface area contributed by atoms with Gasteiger partial charge in [0.05, 0.1) is 39.2 Å². The summed E-state index contributed by atoms with van der Waals surface area (Å²) in [4.78, 5) is 7.32. The molecule has 2 atom stereocenters. The Labute approximate surface area is 202 Å². The molecule has 0 fully saturated rings. The minimum absolute atomic E-state index is 0.00358. The van der Waals surface area contributed by atoms with E-state index in [4.69, 9.17) is 28.7 Å². The van der Waals surface area contributed by atoms with E-state index in [1.54, 1.807) is 21.3 Å². The zero-order chi connectivity index (χ0) is 24.3. The highest BCUT2D eigenvalue weighted by molar-refractivity contribution is 5.60. The predicted octanol–water partition coefficient (Wildman–Crippen LogP) is 4.66. The second-order valence-corrected chi connectivity index (χ2v) is 9.90. The van der Waals surface area contributed by atoms with Gasteiger partial charge in [-0.2, -0.15) is 0 Å². The minimum Gasteiger partial charge on any atom is -0.493 e. The summed E-state index contributed by atoms with van der Waals surface area (Å²) in [6, 6.07) is 10.6. The number of fused-ring (bicyclic) bond motifs is 2. The summed E-state index contributed by atoms with van der Waals surface area (Å²) in [6.45, 7) is 8.31. The highest BCUT2D eigenvalue weighted by atomic mass is 16.7. The molecular formula is C27H36N2O5. The maximum Gasteiger partial charge on any atom is 0.231 e. The first-order chi connectivity index (χ1) is 16.3. The van der Waals surface area contributed by atoms with Crippen molar-refractivity contribution in [2.45, 2.75) is 45.7 Å². The Hall–Kier alpha value is -2.93. The molecule has 184 valence electrons. The van der Waals surface area contributed by atoms with Crippen molar-refractivity contribution < 1.29 is 23.7 Å². The van der Waals surface area contributed by atoms with Crippen molar-refractivity contribution in [3.8, 4) is 23.0 Å². The van der Waals surface area contributed by atoms with Crippen LogP contribution in [0.5, 0.6) is 23.0 Å². The Kier molecular flexibility index (Phi) is 7.22. The molecule has 2 heterocycles. The fourth-order valence-electron chi connectivity index (χ4n) is 4.54. The summed E-state index contributed by atoms with van der Waals surface area (Å²) in [7, 11) is 5.09. The minimum atomic E-state index is 0.00358. The molecule has 7 nitrogen and oxygen atoms in total. The quantitative estimate of drug-likeness (QED) is 0.415. The molecule has 0 bridgehead atoms. The molecule has 0 aliphatic carbocycles. The van der Waals surface area contributed by atoms with E-state index >= 15 is 0 Å². The number of benzene rings is 2. The SMILES string of the molecule is COC[C@@H](N=CN1CCc2cc(OC)c(OC)cc2[C@@H]1Cc1ccc2c(c1)OCO2)C(C)(C)C. The van der Waals surface area contributed by atoms with Gasteiger partial charge in [-0.05, 0) is 59.2 Å². The van der Waals surface area contributed by atoms with Gasteiger partial charge >= 0.3 is 0 Å². The van der Waals surface area contributed by atoms with Crippen molar-refractivity contribution in [1.29, 1.82) is 0 Å². The molecule has 2 aliphatic rings. The largest absolute Gasteiger partial charge is 0.493 e.